The molecule has 1 unspecified atom stereocenters. The number of ether oxygens (including phenoxy) is 2. The van der Waals surface area contributed by atoms with E-state index in [4.69, 9.17) is 9.47 Å². The molecule has 0 spiro atoms. The molecule has 150 valence electrons. The highest BCUT2D eigenvalue weighted by Gasteiger charge is 2.29. The lowest BCUT2D eigenvalue weighted by Gasteiger charge is -2.33. The quantitative estimate of drug-likeness (QED) is 0.222. The average molecular weight is 389 g/mol. The Kier molecular flexibility index (Phi) is 6.00. The van der Waals surface area contributed by atoms with Crippen molar-refractivity contribution in [2.45, 2.75) is 46.1 Å². The molecule has 0 aliphatic carbocycles. The SMILES string of the molecule is COc1ccc(-c2cc(C)c3c(c2N=[N+]=[N-])C=CC(C)(CCC=C(C)C)O3)cc1. The fourth-order valence-corrected chi connectivity index (χ4v) is 3.56. The lowest BCUT2D eigenvalue weighted by molar-refractivity contribution is 0.128. The van der Waals surface area contributed by atoms with E-state index in [0.29, 0.717) is 5.69 Å². The molecule has 2 aromatic carbocycles. The number of benzene rings is 2. The van der Waals surface area contributed by atoms with Crippen LogP contribution in [0.3, 0.4) is 0 Å². The van der Waals surface area contributed by atoms with Gasteiger partial charge in [0.15, 0.2) is 0 Å². The monoisotopic (exact) mass is 389 g/mol. The van der Waals surface area contributed by atoms with E-state index in [1.54, 1.807) is 7.11 Å². The van der Waals surface area contributed by atoms with Gasteiger partial charge in [0.05, 0.1) is 12.8 Å². The summed E-state index contributed by atoms with van der Waals surface area (Å²) >= 11 is 0. The van der Waals surface area contributed by atoms with Crippen LogP contribution in [0.5, 0.6) is 11.5 Å². The Morgan fingerprint density at radius 1 is 1.28 bits per heavy atom. The highest BCUT2D eigenvalue weighted by molar-refractivity contribution is 5.87. The van der Waals surface area contributed by atoms with Crippen molar-refractivity contribution in [2.75, 3.05) is 7.11 Å². The molecule has 5 heteroatoms. The predicted molar refractivity (Wildman–Crippen MR) is 119 cm³/mol. The second-order valence-electron chi connectivity index (χ2n) is 7.82. The van der Waals surface area contributed by atoms with E-state index in [2.05, 4.69) is 42.9 Å². The topological polar surface area (TPSA) is 67.2 Å². The van der Waals surface area contributed by atoms with Crippen molar-refractivity contribution in [3.8, 4) is 22.6 Å². The van der Waals surface area contributed by atoms with E-state index in [1.165, 1.54) is 5.57 Å². The molecule has 0 bridgehead atoms. The molecular formula is C24H27N3O2. The van der Waals surface area contributed by atoms with Crippen molar-refractivity contribution < 1.29 is 9.47 Å². The number of hydrogen-bond acceptors (Lipinski definition) is 3. The molecule has 1 heterocycles. The van der Waals surface area contributed by atoms with Crippen LogP contribution < -0.4 is 9.47 Å². The smallest absolute Gasteiger partial charge is 0.131 e. The summed E-state index contributed by atoms with van der Waals surface area (Å²) in [6.45, 7) is 8.33. The Balaban J connectivity index is 2.05. The Bertz CT molecular complexity index is 1010. The maximum atomic E-state index is 9.18. The van der Waals surface area contributed by atoms with E-state index < -0.39 is 0 Å². The zero-order chi connectivity index (χ0) is 21.0. The van der Waals surface area contributed by atoms with Gasteiger partial charge in [-0.3, -0.25) is 0 Å². The molecule has 2 aromatic rings. The molecular weight excluding hydrogens is 362 g/mol. The van der Waals surface area contributed by atoms with Crippen molar-refractivity contribution in [1.82, 2.24) is 0 Å². The zero-order valence-corrected chi connectivity index (χ0v) is 17.7. The van der Waals surface area contributed by atoms with Crippen LogP contribution in [0.15, 0.2) is 53.2 Å². The summed E-state index contributed by atoms with van der Waals surface area (Å²) in [6.07, 6.45) is 8.16. The molecule has 1 aliphatic rings. The van der Waals surface area contributed by atoms with Gasteiger partial charge in [0.1, 0.15) is 17.1 Å². The molecule has 0 radical (unpaired) electrons. The number of hydrogen-bond donors (Lipinski definition) is 0. The summed E-state index contributed by atoms with van der Waals surface area (Å²) in [6, 6.07) is 9.76. The minimum atomic E-state index is -0.390. The maximum Gasteiger partial charge on any atom is 0.131 e. The van der Waals surface area contributed by atoms with Gasteiger partial charge in [-0.2, -0.15) is 0 Å². The zero-order valence-electron chi connectivity index (χ0n) is 17.7. The van der Waals surface area contributed by atoms with Crippen molar-refractivity contribution in [2.24, 2.45) is 5.11 Å². The molecule has 1 atom stereocenters. The lowest BCUT2D eigenvalue weighted by Crippen LogP contribution is -2.32. The van der Waals surface area contributed by atoms with Gasteiger partial charge < -0.3 is 9.47 Å². The summed E-state index contributed by atoms with van der Waals surface area (Å²) in [4.78, 5) is 3.07. The van der Waals surface area contributed by atoms with Gasteiger partial charge >= 0.3 is 0 Å². The molecule has 5 nitrogen and oxygen atoms in total. The summed E-state index contributed by atoms with van der Waals surface area (Å²) in [5.41, 5.74) is 14.4. The third-order valence-corrected chi connectivity index (χ3v) is 5.15. The van der Waals surface area contributed by atoms with E-state index in [-0.39, 0.29) is 5.60 Å². The summed E-state index contributed by atoms with van der Waals surface area (Å²) in [5, 5.41) is 4.02. The van der Waals surface area contributed by atoms with Crippen LogP contribution in [0.1, 0.15) is 44.7 Å². The highest BCUT2D eigenvalue weighted by Crippen LogP contribution is 2.46. The first-order valence-corrected chi connectivity index (χ1v) is 9.75. The summed E-state index contributed by atoms with van der Waals surface area (Å²) in [7, 11) is 1.64. The lowest BCUT2D eigenvalue weighted by atomic mass is 9.90. The molecule has 1 aliphatic heterocycles. The van der Waals surface area contributed by atoms with Gasteiger partial charge in [-0.1, -0.05) is 35.0 Å². The van der Waals surface area contributed by atoms with Crippen LogP contribution in [0.2, 0.25) is 0 Å². The number of rotatable bonds is 6. The molecule has 3 rings (SSSR count). The summed E-state index contributed by atoms with van der Waals surface area (Å²) < 4.78 is 11.7. The summed E-state index contributed by atoms with van der Waals surface area (Å²) in [5.74, 6) is 1.57. The number of nitrogens with zero attached hydrogens (tertiary/aromatic N) is 3. The third-order valence-electron chi connectivity index (χ3n) is 5.15. The number of allylic oxidation sites excluding steroid dienone is 2. The van der Waals surface area contributed by atoms with Gasteiger partial charge in [0.2, 0.25) is 0 Å². The van der Waals surface area contributed by atoms with Crippen molar-refractivity contribution in [3.63, 3.8) is 0 Å². The predicted octanol–water partition coefficient (Wildman–Crippen LogP) is 7.52. The number of fused-ring (bicyclic) bond motifs is 1. The number of azide groups is 1. The molecule has 0 aromatic heterocycles. The Morgan fingerprint density at radius 3 is 2.62 bits per heavy atom. The van der Waals surface area contributed by atoms with Gasteiger partial charge in [-0.25, -0.2) is 0 Å². The van der Waals surface area contributed by atoms with Gasteiger partial charge in [-0.05, 0) is 87.0 Å². The van der Waals surface area contributed by atoms with E-state index in [9.17, 15) is 5.53 Å². The standard InChI is InChI=1S/C24H27N3O2/c1-16(2)7-6-13-24(4)14-12-20-22(26-27-25)21(15-17(3)23(20)29-24)18-8-10-19(28-5)11-9-18/h7-12,14-15H,6,13H2,1-5H3. The van der Waals surface area contributed by atoms with E-state index >= 15 is 0 Å². The van der Waals surface area contributed by atoms with Crippen LogP contribution in [0, 0.1) is 6.92 Å². The third kappa shape index (κ3) is 4.47. The Hall–Kier alpha value is -3.17. The van der Waals surface area contributed by atoms with Crippen LogP contribution in [-0.4, -0.2) is 12.7 Å². The minimum Gasteiger partial charge on any atom is -0.497 e. The largest absolute Gasteiger partial charge is 0.497 e. The van der Waals surface area contributed by atoms with Crippen LogP contribution in [0.4, 0.5) is 5.69 Å². The minimum absolute atomic E-state index is 0.390. The Labute approximate surface area is 172 Å². The first-order valence-electron chi connectivity index (χ1n) is 9.75. The fourth-order valence-electron chi connectivity index (χ4n) is 3.56. The molecule has 29 heavy (non-hydrogen) atoms. The second kappa shape index (κ2) is 8.46. The van der Waals surface area contributed by atoms with Crippen LogP contribution in [-0.2, 0) is 0 Å². The van der Waals surface area contributed by atoms with E-state index in [1.807, 2.05) is 43.3 Å². The van der Waals surface area contributed by atoms with Gasteiger partial charge in [0, 0.05) is 10.5 Å². The Morgan fingerprint density at radius 2 is 2.00 bits per heavy atom. The van der Waals surface area contributed by atoms with Gasteiger partial charge in [0.25, 0.3) is 0 Å². The van der Waals surface area contributed by atoms with Gasteiger partial charge in [-0.15, -0.1) is 0 Å². The van der Waals surface area contributed by atoms with Crippen molar-refractivity contribution in [1.29, 1.82) is 0 Å². The fraction of sp³-hybridized carbons (Fsp3) is 0.333. The molecule has 0 amide bonds. The maximum absolute atomic E-state index is 9.18. The molecule has 0 N–H and O–H groups in total. The number of aryl methyl sites for hydroxylation is 1. The van der Waals surface area contributed by atoms with E-state index in [0.717, 1.165) is 46.6 Å². The first-order chi connectivity index (χ1) is 13.9. The highest BCUT2D eigenvalue weighted by atomic mass is 16.5. The van der Waals surface area contributed by atoms with Crippen LogP contribution in [0.25, 0.3) is 27.6 Å². The van der Waals surface area contributed by atoms with Crippen molar-refractivity contribution >= 4 is 11.8 Å². The molecule has 0 saturated carbocycles. The number of methoxy groups -OCH3 is 1. The molecule has 0 fully saturated rings. The normalized spacial score (nSPS) is 17.0. The molecule has 0 saturated heterocycles. The van der Waals surface area contributed by atoms with Crippen LogP contribution >= 0.6 is 0 Å². The average Bonchev–Trinajstić information content (AvgIpc) is 2.70. The second-order valence-corrected chi connectivity index (χ2v) is 7.82. The first kappa shape index (κ1) is 20.6. The van der Waals surface area contributed by atoms with Crippen molar-refractivity contribution in [3.05, 3.63) is 69.6 Å².